The second-order valence-corrected chi connectivity index (χ2v) is 5.80. The molecular formula is C17H15BrN2O. The number of aromatic nitrogens is 1. The second-order valence-electron chi connectivity index (χ2n) is 4.89. The molecule has 21 heavy (non-hydrogen) atoms. The molecule has 3 nitrogen and oxygen atoms in total. The molecule has 1 atom stereocenters. The number of hydrogen-bond acceptors (Lipinski definition) is 3. The molecule has 0 aliphatic heterocycles. The third kappa shape index (κ3) is 2.91. The predicted molar refractivity (Wildman–Crippen MR) is 88.5 cm³/mol. The molecule has 0 amide bonds. The van der Waals surface area contributed by atoms with Crippen LogP contribution in [0.15, 0.2) is 59.3 Å². The maximum Gasteiger partial charge on any atom is 0.137 e. The maximum absolute atomic E-state index is 6.36. The van der Waals surface area contributed by atoms with Crippen LogP contribution in [0.1, 0.15) is 17.2 Å². The van der Waals surface area contributed by atoms with Crippen LogP contribution in [0.5, 0.6) is 5.75 Å². The molecule has 2 N–H and O–H groups in total. The molecule has 3 aromatic rings. The molecule has 1 unspecified atom stereocenters. The van der Waals surface area contributed by atoms with Gasteiger partial charge in [0.1, 0.15) is 5.75 Å². The summed E-state index contributed by atoms with van der Waals surface area (Å²) in [4.78, 5) is 4.16. The van der Waals surface area contributed by atoms with Crippen LogP contribution in [0, 0.1) is 0 Å². The Hall–Kier alpha value is -1.91. The predicted octanol–water partition coefficient (Wildman–Crippen LogP) is 4.05. The number of hydrogen-bond donors (Lipinski definition) is 1. The number of halogens is 1. The Balaban J connectivity index is 2.00. The number of benzene rings is 2. The molecular weight excluding hydrogens is 328 g/mol. The first-order valence-corrected chi connectivity index (χ1v) is 7.40. The van der Waals surface area contributed by atoms with Crippen molar-refractivity contribution in [1.82, 2.24) is 4.98 Å². The van der Waals surface area contributed by atoms with Gasteiger partial charge in [-0.25, -0.2) is 0 Å². The van der Waals surface area contributed by atoms with E-state index in [1.54, 1.807) is 19.5 Å². The normalized spacial score (nSPS) is 12.3. The zero-order chi connectivity index (χ0) is 14.8. The molecule has 0 aliphatic carbocycles. The third-order valence-corrected chi connectivity index (χ3v) is 4.01. The van der Waals surface area contributed by atoms with Gasteiger partial charge in [0.05, 0.1) is 19.3 Å². The molecule has 0 saturated carbocycles. The van der Waals surface area contributed by atoms with Crippen molar-refractivity contribution in [3.05, 3.63) is 70.5 Å². The first-order chi connectivity index (χ1) is 10.2. The summed E-state index contributed by atoms with van der Waals surface area (Å²) in [6.45, 7) is 0. The van der Waals surface area contributed by atoms with E-state index in [0.29, 0.717) is 5.75 Å². The molecule has 0 saturated heterocycles. The Morgan fingerprint density at radius 1 is 1.00 bits per heavy atom. The molecule has 0 radical (unpaired) electrons. The van der Waals surface area contributed by atoms with Gasteiger partial charge in [-0.15, -0.1) is 0 Å². The van der Waals surface area contributed by atoms with Gasteiger partial charge < -0.3 is 10.5 Å². The van der Waals surface area contributed by atoms with Gasteiger partial charge >= 0.3 is 0 Å². The van der Waals surface area contributed by atoms with Crippen LogP contribution in [-0.2, 0) is 0 Å². The number of rotatable bonds is 3. The summed E-state index contributed by atoms with van der Waals surface area (Å²) in [5.41, 5.74) is 8.35. The smallest absolute Gasteiger partial charge is 0.137 e. The van der Waals surface area contributed by atoms with Crippen LogP contribution in [0.25, 0.3) is 10.8 Å². The average Bonchev–Trinajstić information content (AvgIpc) is 2.53. The summed E-state index contributed by atoms with van der Waals surface area (Å²) in [7, 11) is 1.63. The molecule has 1 aromatic heterocycles. The van der Waals surface area contributed by atoms with Gasteiger partial charge in [-0.2, -0.15) is 0 Å². The van der Waals surface area contributed by atoms with E-state index in [1.165, 1.54) is 10.8 Å². The van der Waals surface area contributed by atoms with E-state index in [2.05, 4.69) is 51.2 Å². The van der Waals surface area contributed by atoms with Gasteiger partial charge in [0.15, 0.2) is 0 Å². The largest absolute Gasteiger partial charge is 0.495 e. The van der Waals surface area contributed by atoms with Crippen molar-refractivity contribution >= 4 is 26.7 Å². The molecule has 4 heteroatoms. The van der Waals surface area contributed by atoms with Crippen molar-refractivity contribution in [3.63, 3.8) is 0 Å². The van der Waals surface area contributed by atoms with Gasteiger partial charge in [-0.1, -0.05) is 34.1 Å². The molecule has 0 fully saturated rings. The molecule has 0 bridgehead atoms. The van der Waals surface area contributed by atoms with E-state index in [1.807, 2.05) is 12.1 Å². The highest BCUT2D eigenvalue weighted by molar-refractivity contribution is 9.10. The zero-order valence-corrected chi connectivity index (χ0v) is 13.2. The minimum absolute atomic E-state index is 0.222. The third-order valence-electron chi connectivity index (χ3n) is 3.51. The van der Waals surface area contributed by atoms with E-state index < -0.39 is 0 Å². The molecule has 106 valence electrons. The van der Waals surface area contributed by atoms with Gasteiger partial charge in [0, 0.05) is 10.7 Å². The van der Waals surface area contributed by atoms with Crippen LogP contribution in [0.3, 0.4) is 0 Å². The summed E-state index contributed by atoms with van der Waals surface area (Å²) < 4.78 is 6.27. The number of fused-ring (bicyclic) bond motifs is 1. The Kier molecular flexibility index (Phi) is 3.90. The van der Waals surface area contributed by atoms with Gasteiger partial charge in [0.2, 0.25) is 0 Å². The Bertz CT molecular complexity index is 789. The quantitative estimate of drug-likeness (QED) is 0.780. The van der Waals surface area contributed by atoms with Crippen molar-refractivity contribution in [1.29, 1.82) is 0 Å². The summed E-state index contributed by atoms with van der Waals surface area (Å²) in [5, 5.41) is 2.35. The Morgan fingerprint density at radius 2 is 1.76 bits per heavy atom. The van der Waals surface area contributed by atoms with Crippen molar-refractivity contribution in [2.45, 2.75) is 6.04 Å². The molecule has 1 heterocycles. The van der Waals surface area contributed by atoms with Gasteiger partial charge in [-0.05, 0) is 46.2 Å². The summed E-state index contributed by atoms with van der Waals surface area (Å²) in [6, 6.07) is 14.2. The number of nitrogens with two attached hydrogens (primary N) is 1. The highest BCUT2D eigenvalue weighted by Gasteiger charge is 2.11. The minimum Gasteiger partial charge on any atom is -0.495 e. The maximum atomic E-state index is 6.36. The number of ether oxygens (including phenoxy) is 1. The second kappa shape index (κ2) is 5.84. The summed E-state index contributed by atoms with van der Waals surface area (Å²) in [5.74, 6) is 0.715. The van der Waals surface area contributed by atoms with E-state index in [0.717, 1.165) is 15.6 Å². The molecule has 0 spiro atoms. The lowest BCUT2D eigenvalue weighted by Gasteiger charge is -2.14. The highest BCUT2D eigenvalue weighted by Crippen LogP contribution is 2.26. The fraction of sp³-hybridized carbons (Fsp3) is 0.118. The summed E-state index contributed by atoms with van der Waals surface area (Å²) in [6.07, 6.45) is 3.45. The van der Waals surface area contributed by atoms with Crippen molar-refractivity contribution < 1.29 is 4.74 Å². The Morgan fingerprint density at radius 3 is 2.57 bits per heavy atom. The van der Waals surface area contributed by atoms with E-state index >= 15 is 0 Å². The Labute approximate surface area is 131 Å². The van der Waals surface area contributed by atoms with Crippen molar-refractivity contribution in [3.8, 4) is 5.75 Å². The summed E-state index contributed by atoms with van der Waals surface area (Å²) >= 11 is 3.49. The highest BCUT2D eigenvalue weighted by atomic mass is 79.9. The standard InChI is InChI=1S/C17H15BrN2O/c1-21-16-8-14(9-20-10-16)17(19)13-3-2-12-7-15(18)5-4-11(12)6-13/h2-10,17H,19H2,1H3. The number of pyridine rings is 1. The van der Waals surface area contributed by atoms with Gasteiger partial charge in [-0.3, -0.25) is 4.98 Å². The van der Waals surface area contributed by atoms with E-state index in [9.17, 15) is 0 Å². The van der Waals surface area contributed by atoms with Crippen LogP contribution < -0.4 is 10.5 Å². The SMILES string of the molecule is COc1cncc(C(N)c2ccc3cc(Br)ccc3c2)c1. The van der Waals surface area contributed by atoms with Gasteiger partial charge in [0.25, 0.3) is 0 Å². The topological polar surface area (TPSA) is 48.1 Å². The first-order valence-electron chi connectivity index (χ1n) is 6.61. The van der Waals surface area contributed by atoms with Crippen LogP contribution in [0.2, 0.25) is 0 Å². The average molecular weight is 343 g/mol. The van der Waals surface area contributed by atoms with Crippen LogP contribution in [-0.4, -0.2) is 12.1 Å². The van der Waals surface area contributed by atoms with Crippen molar-refractivity contribution in [2.24, 2.45) is 5.73 Å². The fourth-order valence-electron chi connectivity index (χ4n) is 2.34. The lowest BCUT2D eigenvalue weighted by Crippen LogP contribution is -2.12. The monoisotopic (exact) mass is 342 g/mol. The lowest BCUT2D eigenvalue weighted by atomic mass is 9.98. The zero-order valence-electron chi connectivity index (χ0n) is 11.6. The van der Waals surface area contributed by atoms with Crippen LogP contribution in [0.4, 0.5) is 0 Å². The fourth-order valence-corrected chi connectivity index (χ4v) is 2.72. The minimum atomic E-state index is -0.222. The lowest BCUT2D eigenvalue weighted by molar-refractivity contribution is 0.412. The number of methoxy groups -OCH3 is 1. The number of nitrogens with zero attached hydrogens (tertiary/aromatic N) is 1. The molecule has 2 aromatic carbocycles. The first kappa shape index (κ1) is 14.0. The van der Waals surface area contributed by atoms with Crippen LogP contribution >= 0.6 is 15.9 Å². The molecule has 0 aliphatic rings. The molecule has 3 rings (SSSR count). The van der Waals surface area contributed by atoms with Crippen molar-refractivity contribution in [2.75, 3.05) is 7.11 Å². The van der Waals surface area contributed by atoms with E-state index in [4.69, 9.17) is 10.5 Å². The van der Waals surface area contributed by atoms with E-state index in [-0.39, 0.29) is 6.04 Å².